The van der Waals surface area contributed by atoms with Gasteiger partial charge in [0, 0.05) is 4.47 Å². The summed E-state index contributed by atoms with van der Waals surface area (Å²) in [6.45, 7) is 2.33. The molecule has 0 fully saturated rings. The number of hydrogen-bond donors (Lipinski definition) is 2. The molecule has 3 rings (SSSR count). The minimum Gasteiger partial charge on any atom is -0.492 e. The van der Waals surface area contributed by atoms with Crippen LogP contribution in [0.5, 0.6) is 5.75 Å². The molecular weight excluding hydrogens is 426 g/mol. The summed E-state index contributed by atoms with van der Waals surface area (Å²) in [7, 11) is 0. The van der Waals surface area contributed by atoms with Crippen molar-refractivity contribution in [3.8, 4) is 5.75 Å². The number of amides is 1. The molecule has 5 nitrogen and oxygen atoms in total. The first-order valence-electron chi connectivity index (χ1n) is 6.96. The highest BCUT2D eigenvalue weighted by Crippen LogP contribution is 2.33. The Hall–Kier alpha value is -1.86. The van der Waals surface area contributed by atoms with E-state index in [1.165, 1.54) is 0 Å². The lowest BCUT2D eigenvalue weighted by Gasteiger charge is -2.12. The molecule has 118 valence electrons. The maximum absolute atomic E-state index is 12.6. The number of aromatic nitrogens is 2. The molecule has 23 heavy (non-hydrogen) atoms. The third-order valence-electron chi connectivity index (χ3n) is 3.16. The molecule has 1 amide bonds. The summed E-state index contributed by atoms with van der Waals surface area (Å²) >= 11 is 6.81. The highest BCUT2D eigenvalue weighted by Gasteiger charge is 2.18. The van der Waals surface area contributed by atoms with E-state index in [-0.39, 0.29) is 5.91 Å². The summed E-state index contributed by atoms with van der Waals surface area (Å²) in [6, 6.07) is 11.1. The second-order valence-electron chi connectivity index (χ2n) is 4.75. The summed E-state index contributed by atoms with van der Waals surface area (Å²) < 4.78 is 7.07. The number of anilines is 1. The van der Waals surface area contributed by atoms with Crippen molar-refractivity contribution in [2.24, 2.45) is 0 Å². The van der Waals surface area contributed by atoms with E-state index in [1.807, 2.05) is 37.3 Å². The Morgan fingerprint density at radius 2 is 2.09 bits per heavy atom. The van der Waals surface area contributed by atoms with Crippen LogP contribution in [0.4, 0.5) is 5.95 Å². The predicted molar refractivity (Wildman–Crippen MR) is 97.1 cm³/mol. The van der Waals surface area contributed by atoms with Gasteiger partial charge in [-0.3, -0.25) is 10.1 Å². The third kappa shape index (κ3) is 3.40. The number of hydrogen-bond acceptors (Lipinski definition) is 3. The molecule has 0 saturated carbocycles. The number of ether oxygens (including phenoxy) is 1. The lowest BCUT2D eigenvalue weighted by molar-refractivity contribution is 0.102. The van der Waals surface area contributed by atoms with Gasteiger partial charge in [-0.15, -0.1) is 0 Å². The van der Waals surface area contributed by atoms with Gasteiger partial charge < -0.3 is 9.72 Å². The molecule has 0 bridgehead atoms. The zero-order valence-electron chi connectivity index (χ0n) is 12.2. The quantitative estimate of drug-likeness (QED) is 0.618. The third-order valence-corrected chi connectivity index (χ3v) is 4.21. The molecule has 3 aromatic rings. The van der Waals surface area contributed by atoms with E-state index in [1.54, 1.807) is 6.07 Å². The van der Waals surface area contributed by atoms with Crippen LogP contribution in [0, 0.1) is 0 Å². The van der Waals surface area contributed by atoms with E-state index in [9.17, 15) is 4.79 Å². The average molecular weight is 439 g/mol. The van der Waals surface area contributed by atoms with Gasteiger partial charge in [0.1, 0.15) is 5.75 Å². The van der Waals surface area contributed by atoms with Crippen LogP contribution in [0.25, 0.3) is 11.0 Å². The van der Waals surface area contributed by atoms with Crippen molar-refractivity contribution < 1.29 is 9.53 Å². The van der Waals surface area contributed by atoms with Gasteiger partial charge in [-0.05, 0) is 47.1 Å². The Morgan fingerprint density at radius 1 is 1.30 bits per heavy atom. The summed E-state index contributed by atoms with van der Waals surface area (Å²) in [5.41, 5.74) is 2.08. The molecule has 0 aliphatic heterocycles. The number of halogens is 2. The molecule has 0 saturated heterocycles. The Labute approximate surface area is 149 Å². The molecule has 0 aliphatic rings. The van der Waals surface area contributed by atoms with Crippen molar-refractivity contribution in [3.63, 3.8) is 0 Å². The minimum absolute atomic E-state index is 0.297. The SMILES string of the molecule is CCOc1c(Br)cc(Br)cc1C(=O)Nc1nc2ccccc2[nH]1. The van der Waals surface area contributed by atoms with Crippen LogP contribution in [-0.4, -0.2) is 22.5 Å². The van der Waals surface area contributed by atoms with Crippen molar-refractivity contribution in [2.45, 2.75) is 6.92 Å². The van der Waals surface area contributed by atoms with Gasteiger partial charge in [-0.25, -0.2) is 4.98 Å². The number of rotatable bonds is 4. The van der Waals surface area contributed by atoms with Crippen LogP contribution >= 0.6 is 31.9 Å². The van der Waals surface area contributed by atoms with Crippen LogP contribution in [-0.2, 0) is 0 Å². The van der Waals surface area contributed by atoms with Gasteiger partial charge in [0.2, 0.25) is 5.95 Å². The van der Waals surface area contributed by atoms with Crippen LogP contribution < -0.4 is 10.1 Å². The first-order valence-corrected chi connectivity index (χ1v) is 8.55. The maximum Gasteiger partial charge on any atom is 0.261 e. The van der Waals surface area contributed by atoms with Crippen LogP contribution in [0.3, 0.4) is 0 Å². The fraction of sp³-hybridized carbons (Fsp3) is 0.125. The highest BCUT2D eigenvalue weighted by atomic mass is 79.9. The van der Waals surface area contributed by atoms with Crippen LogP contribution in [0.2, 0.25) is 0 Å². The van der Waals surface area contributed by atoms with Gasteiger partial charge in [0.15, 0.2) is 0 Å². The summed E-state index contributed by atoms with van der Waals surface area (Å²) in [4.78, 5) is 20.0. The van der Waals surface area contributed by atoms with Crippen molar-refractivity contribution in [2.75, 3.05) is 11.9 Å². The molecule has 0 unspecified atom stereocenters. The molecule has 0 atom stereocenters. The maximum atomic E-state index is 12.6. The van der Waals surface area contributed by atoms with Crippen molar-refractivity contribution >= 4 is 54.7 Å². The van der Waals surface area contributed by atoms with Crippen LogP contribution in [0.1, 0.15) is 17.3 Å². The number of imidazole rings is 1. The zero-order chi connectivity index (χ0) is 16.4. The van der Waals surface area contributed by atoms with Gasteiger partial charge in [0.05, 0.1) is 27.7 Å². The number of nitrogens with zero attached hydrogens (tertiary/aromatic N) is 1. The largest absolute Gasteiger partial charge is 0.492 e. The van der Waals surface area contributed by atoms with E-state index in [0.29, 0.717) is 28.3 Å². The Balaban J connectivity index is 1.93. The number of carbonyl (C=O) groups excluding carboxylic acids is 1. The monoisotopic (exact) mass is 437 g/mol. The Bertz CT molecular complexity index is 844. The first-order chi connectivity index (χ1) is 11.1. The smallest absolute Gasteiger partial charge is 0.261 e. The second kappa shape index (κ2) is 6.72. The van der Waals surface area contributed by atoms with E-state index in [2.05, 4.69) is 47.1 Å². The predicted octanol–water partition coefficient (Wildman–Crippen LogP) is 4.74. The van der Waals surface area contributed by atoms with Gasteiger partial charge in [0.25, 0.3) is 5.91 Å². The number of para-hydroxylation sites is 2. The average Bonchev–Trinajstić information content (AvgIpc) is 2.91. The van der Waals surface area contributed by atoms with Gasteiger partial charge >= 0.3 is 0 Å². The van der Waals surface area contributed by atoms with Crippen molar-refractivity contribution in [1.82, 2.24) is 9.97 Å². The zero-order valence-corrected chi connectivity index (χ0v) is 15.4. The normalized spacial score (nSPS) is 10.7. The standard InChI is InChI=1S/C16H13Br2N3O2/c1-2-23-14-10(7-9(17)8-11(14)18)15(22)21-16-19-12-5-3-4-6-13(12)20-16/h3-8H,2H2,1H3,(H2,19,20,21,22). The van der Waals surface area contributed by atoms with E-state index in [4.69, 9.17) is 4.74 Å². The van der Waals surface area contributed by atoms with Crippen LogP contribution in [0.15, 0.2) is 45.3 Å². The molecule has 2 aromatic carbocycles. The van der Waals surface area contributed by atoms with Gasteiger partial charge in [-0.2, -0.15) is 0 Å². The number of nitrogens with one attached hydrogen (secondary N) is 2. The lowest BCUT2D eigenvalue weighted by Crippen LogP contribution is -2.15. The Morgan fingerprint density at radius 3 is 2.83 bits per heavy atom. The number of fused-ring (bicyclic) bond motifs is 1. The van der Waals surface area contributed by atoms with E-state index >= 15 is 0 Å². The number of benzene rings is 2. The molecule has 1 aromatic heterocycles. The van der Waals surface area contributed by atoms with E-state index in [0.717, 1.165) is 15.5 Å². The van der Waals surface area contributed by atoms with Crippen molar-refractivity contribution in [3.05, 3.63) is 50.9 Å². The molecule has 0 radical (unpaired) electrons. The van der Waals surface area contributed by atoms with Gasteiger partial charge in [-0.1, -0.05) is 28.1 Å². The lowest BCUT2D eigenvalue weighted by atomic mass is 10.2. The molecular formula is C16H13Br2N3O2. The molecule has 0 spiro atoms. The highest BCUT2D eigenvalue weighted by molar-refractivity contribution is 9.11. The second-order valence-corrected chi connectivity index (χ2v) is 6.52. The minimum atomic E-state index is -0.297. The molecule has 1 heterocycles. The molecule has 0 aliphatic carbocycles. The molecule has 2 N–H and O–H groups in total. The van der Waals surface area contributed by atoms with Crippen molar-refractivity contribution in [1.29, 1.82) is 0 Å². The number of aromatic amines is 1. The van der Waals surface area contributed by atoms with E-state index < -0.39 is 0 Å². The Kier molecular flexibility index (Phi) is 4.68. The fourth-order valence-electron chi connectivity index (χ4n) is 2.21. The fourth-order valence-corrected chi connectivity index (χ4v) is 3.55. The number of H-pyrrole nitrogens is 1. The first kappa shape index (κ1) is 16.0. The summed E-state index contributed by atoms with van der Waals surface area (Å²) in [6.07, 6.45) is 0. The molecule has 7 heteroatoms. The summed E-state index contributed by atoms with van der Waals surface area (Å²) in [5.74, 6) is 0.605. The number of carbonyl (C=O) groups is 1. The summed E-state index contributed by atoms with van der Waals surface area (Å²) in [5, 5.41) is 2.77. The topological polar surface area (TPSA) is 67.0 Å².